The summed E-state index contributed by atoms with van der Waals surface area (Å²) in [6, 6.07) is 2.37. The van der Waals surface area contributed by atoms with E-state index >= 15 is 0 Å². The first-order valence-corrected chi connectivity index (χ1v) is 5.92. The Balaban J connectivity index is 2.96. The van der Waals surface area contributed by atoms with Gasteiger partial charge < -0.3 is 10.4 Å². The third kappa shape index (κ3) is 4.93. The van der Waals surface area contributed by atoms with Crippen molar-refractivity contribution in [2.24, 2.45) is 5.92 Å². The molecule has 116 valence electrons. The summed E-state index contributed by atoms with van der Waals surface area (Å²) in [6.45, 7) is 1.58. The van der Waals surface area contributed by atoms with Gasteiger partial charge in [0.05, 0.1) is 10.5 Å². The normalized spacial score (nSPS) is 12.8. The van der Waals surface area contributed by atoms with Crippen LogP contribution in [0.25, 0.3) is 0 Å². The van der Waals surface area contributed by atoms with E-state index in [4.69, 9.17) is 5.11 Å². The van der Waals surface area contributed by atoms with E-state index in [0.29, 0.717) is 6.07 Å². The van der Waals surface area contributed by atoms with Gasteiger partial charge in [-0.25, -0.2) is 0 Å². The number of nitro groups is 1. The van der Waals surface area contributed by atoms with Crippen LogP contribution in [-0.2, 0) is 11.0 Å². The van der Waals surface area contributed by atoms with Crippen LogP contribution in [-0.4, -0.2) is 22.5 Å². The third-order valence-corrected chi connectivity index (χ3v) is 2.68. The zero-order valence-electron chi connectivity index (χ0n) is 11.0. The molecule has 0 aliphatic carbocycles. The van der Waals surface area contributed by atoms with E-state index < -0.39 is 34.2 Å². The van der Waals surface area contributed by atoms with Crippen LogP contribution in [0.1, 0.15) is 18.9 Å². The summed E-state index contributed by atoms with van der Waals surface area (Å²) in [7, 11) is 0. The first-order valence-electron chi connectivity index (χ1n) is 5.92. The fraction of sp³-hybridized carbons (Fsp3) is 0.417. The molecule has 0 saturated heterocycles. The van der Waals surface area contributed by atoms with Crippen LogP contribution in [0.4, 0.5) is 24.5 Å². The number of non-ortho nitro benzene ring substituents is 1. The maximum absolute atomic E-state index is 12.9. The van der Waals surface area contributed by atoms with Gasteiger partial charge in [0.1, 0.15) is 0 Å². The van der Waals surface area contributed by atoms with Gasteiger partial charge in [-0.1, -0.05) is 6.92 Å². The smallest absolute Gasteiger partial charge is 0.418 e. The highest BCUT2D eigenvalue weighted by Gasteiger charge is 2.35. The highest BCUT2D eigenvalue weighted by Crippen LogP contribution is 2.37. The van der Waals surface area contributed by atoms with Gasteiger partial charge in [0.2, 0.25) is 0 Å². The molecule has 0 aliphatic heterocycles. The minimum Gasteiger partial charge on any atom is -0.481 e. The number of nitro benzene ring substituents is 1. The first-order chi connectivity index (χ1) is 9.61. The van der Waals surface area contributed by atoms with Crippen molar-refractivity contribution in [1.82, 2.24) is 0 Å². The number of halogens is 3. The molecule has 1 unspecified atom stereocenters. The lowest BCUT2D eigenvalue weighted by atomic mass is 10.1. The van der Waals surface area contributed by atoms with Crippen LogP contribution in [0.15, 0.2) is 18.2 Å². The number of carbonyl (C=O) groups is 1. The predicted octanol–water partition coefficient (Wildman–Crippen LogP) is 3.14. The van der Waals surface area contributed by atoms with E-state index in [2.05, 4.69) is 5.32 Å². The molecular weight excluding hydrogens is 293 g/mol. The van der Waals surface area contributed by atoms with E-state index in [9.17, 15) is 28.1 Å². The molecule has 2 N–H and O–H groups in total. The van der Waals surface area contributed by atoms with Crippen LogP contribution in [0.2, 0.25) is 0 Å². The van der Waals surface area contributed by atoms with Gasteiger partial charge in [-0.2, -0.15) is 13.2 Å². The topological polar surface area (TPSA) is 92.5 Å². The van der Waals surface area contributed by atoms with Crippen molar-refractivity contribution < 1.29 is 28.0 Å². The molecule has 0 fully saturated rings. The molecule has 1 atom stereocenters. The summed E-state index contributed by atoms with van der Waals surface area (Å²) in [6.07, 6.45) is -4.94. The second-order valence-electron chi connectivity index (χ2n) is 4.57. The SMILES string of the molecule is CC(CNc1ccc([N+](=O)[O-])cc1C(F)(F)F)CC(=O)O. The molecule has 0 amide bonds. The van der Waals surface area contributed by atoms with Crippen LogP contribution in [0.5, 0.6) is 0 Å². The standard InChI is InChI=1S/C12H13F3N2O4/c1-7(4-11(18)19)6-16-10-3-2-8(17(20)21)5-9(10)12(13,14)15/h2-3,5,7,16H,4,6H2,1H3,(H,18,19). The Morgan fingerprint density at radius 3 is 2.57 bits per heavy atom. The maximum atomic E-state index is 12.9. The number of carboxylic acid groups (broad SMARTS) is 1. The predicted molar refractivity (Wildman–Crippen MR) is 68.0 cm³/mol. The number of aliphatic carboxylic acids is 1. The van der Waals surface area contributed by atoms with Crippen molar-refractivity contribution in [1.29, 1.82) is 0 Å². The molecule has 0 saturated carbocycles. The zero-order chi connectivity index (χ0) is 16.2. The van der Waals surface area contributed by atoms with E-state index in [1.807, 2.05) is 0 Å². The molecular formula is C12H13F3N2O4. The average molecular weight is 306 g/mol. The summed E-state index contributed by atoms with van der Waals surface area (Å²) in [5.41, 5.74) is -2.13. The summed E-state index contributed by atoms with van der Waals surface area (Å²) >= 11 is 0. The van der Waals surface area contributed by atoms with Crippen molar-refractivity contribution >= 4 is 17.3 Å². The van der Waals surface area contributed by atoms with Gasteiger partial charge in [-0.15, -0.1) is 0 Å². The van der Waals surface area contributed by atoms with Gasteiger partial charge in [-0.05, 0) is 12.0 Å². The Hall–Kier alpha value is -2.32. The van der Waals surface area contributed by atoms with Crippen molar-refractivity contribution in [3.05, 3.63) is 33.9 Å². The lowest BCUT2D eigenvalue weighted by Gasteiger charge is -2.16. The highest BCUT2D eigenvalue weighted by molar-refractivity contribution is 5.67. The maximum Gasteiger partial charge on any atom is 0.418 e. The number of anilines is 1. The number of benzene rings is 1. The summed E-state index contributed by atoms with van der Waals surface area (Å²) in [5.74, 6) is -1.44. The minimum atomic E-state index is -4.75. The molecule has 21 heavy (non-hydrogen) atoms. The van der Waals surface area contributed by atoms with Crippen molar-refractivity contribution in [3.8, 4) is 0 Å². The van der Waals surface area contributed by atoms with E-state index in [1.165, 1.54) is 0 Å². The van der Waals surface area contributed by atoms with Crippen LogP contribution in [0.3, 0.4) is 0 Å². The quantitative estimate of drug-likeness (QED) is 0.622. The average Bonchev–Trinajstić information content (AvgIpc) is 2.34. The Labute approximate surface area is 117 Å². The highest BCUT2D eigenvalue weighted by atomic mass is 19.4. The lowest BCUT2D eigenvalue weighted by molar-refractivity contribution is -0.385. The number of hydrogen-bond acceptors (Lipinski definition) is 4. The van der Waals surface area contributed by atoms with Crippen molar-refractivity contribution in [2.75, 3.05) is 11.9 Å². The van der Waals surface area contributed by atoms with Crippen LogP contribution < -0.4 is 5.32 Å². The van der Waals surface area contributed by atoms with E-state index in [0.717, 1.165) is 12.1 Å². The Morgan fingerprint density at radius 2 is 2.10 bits per heavy atom. The van der Waals surface area contributed by atoms with E-state index in [-0.39, 0.29) is 18.7 Å². The lowest BCUT2D eigenvalue weighted by Crippen LogP contribution is -2.18. The van der Waals surface area contributed by atoms with Crippen LogP contribution >= 0.6 is 0 Å². The number of hydrogen-bond donors (Lipinski definition) is 2. The Kier molecular flexibility index (Phi) is 5.12. The Morgan fingerprint density at radius 1 is 1.48 bits per heavy atom. The number of nitrogens with zero attached hydrogens (tertiary/aromatic N) is 1. The third-order valence-electron chi connectivity index (χ3n) is 2.68. The zero-order valence-corrected chi connectivity index (χ0v) is 11.0. The second kappa shape index (κ2) is 6.42. The fourth-order valence-electron chi connectivity index (χ4n) is 1.69. The molecule has 0 radical (unpaired) electrons. The van der Waals surface area contributed by atoms with Gasteiger partial charge in [0.15, 0.2) is 0 Å². The molecule has 0 bridgehead atoms. The van der Waals surface area contributed by atoms with Gasteiger partial charge in [0.25, 0.3) is 5.69 Å². The number of carboxylic acids is 1. The number of nitrogens with one attached hydrogen (secondary N) is 1. The van der Waals surface area contributed by atoms with Crippen LogP contribution in [0, 0.1) is 16.0 Å². The molecule has 9 heteroatoms. The van der Waals surface area contributed by atoms with E-state index in [1.54, 1.807) is 6.92 Å². The monoisotopic (exact) mass is 306 g/mol. The molecule has 1 rings (SSSR count). The molecule has 6 nitrogen and oxygen atoms in total. The number of rotatable bonds is 6. The minimum absolute atomic E-state index is 0.00713. The molecule has 0 heterocycles. The van der Waals surface area contributed by atoms with Gasteiger partial charge >= 0.3 is 12.1 Å². The molecule has 1 aromatic rings. The fourth-order valence-corrected chi connectivity index (χ4v) is 1.69. The molecule has 0 aliphatic rings. The van der Waals surface area contributed by atoms with Crippen molar-refractivity contribution in [2.45, 2.75) is 19.5 Å². The molecule has 0 aromatic heterocycles. The summed E-state index contributed by atoms with van der Waals surface area (Å²) in [5, 5.41) is 21.6. The second-order valence-corrected chi connectivity index (χ2v) is 4.57. The van der Waals surface area contributed by atoms with Gasteiger partial charge in [0, 0.05) is 30.8 Å². The molecule has 0 spiro atoms. The largest absolute Gasteiger partial charge is 0.481 e. The first kappa shape index (κ1) is 16.7. The van der Waals surface area contributed by atoms with Crippen molar-refractivity contribution in [3.63, 3.8) is 0 Å². The summed E-state index contributed by atoms with van der Waals surface area (Å²) < 4.78 is 38.6. The molecule has 1 aromatic carbocycles. The summed E-state index contributed by atoms with van der Waals surface area (Å²) in [4.78, 5) is 20.1. The Bertz CT molecular complexity index is 546. The van der Waals surface area contributed by atoms with Gasteiger partial charge in [-0.3, -0.25) is 14.9 Å². The number of alkyl halides is 3.